The highest BCUT2D eigenvalue weighted by molar-refractivity contribution is 7.89. The largest absolute Gasteiger partial charge is 0.335 e. The van der Waals surface area contributed by atoms with Crippen molar-refractivity contribution >= 4 is 15.7 Å². The zero-order valence-electron chi connectivity index (χ0n) is 13.9. The van der Waals surface area contributed by atoms with Gasteiger partial charge in [-0.3, -0.25) is 10.1 Å². The van der Waals surface area contributed by atoms with Crippen LogP contribution in [0.2, 0.25) is 0 Å². The van der Waals surface area contributed by atoms with E-state index in [0.717, 1.165) is 25.2 Å². The maximum atomic E-state index is 12.7. The van der Waals surface area contributed by atoms with E-state index in [2.05, 4.69) is 9.55 Å². The lowest BCUT2D eigenvalue weighted by Gasteiger charge is -2.31. The lowest BCUT2D eigenvalue weighted by atomic mass is 9.98. The van der Waals surface area contributed by atoms with Crippen LogP contribution in [0, 0.1) is 23.0 Å². The number of benzene rings is 1. The van der Waals surface area contributed by atoms with Crippen LogP contribution in [0.3, 0.4) is 0 Å². The Hall–Kier alpha value is -2.26. The van der Waals surface area contributed by atoms with E-state index in [1.54, 1.807) is 6.20 Å². The third kappa shape index (κ3) is 3.72. The molecule has 0 bridgehead atoms. The van der Waals surface area contributed by atoms with Crippen LogP contribution in [0.5, 0.6) is 0 Å². The Morgan fingerprint density at radius 2 is 1.88 bits per heavy atom. The fourth-order valence-corrected chi connectivity index (χ4v) is 4.57. The van der Waals surface area contributed by atoms with Crippen molar-refractivity contribution in [3.63, 3.8) is 0 Å². The summed E-state index contributed by atoms with van der Waals surface area (Å²) in [5.41, 5.74) is -0.117. The predicted octanol–water partition coefficient (Wildman–Crippen LogP) is 2.20. The Morgan fingerprint density at radius 3 is 2.40 bits per heavy atom. The second kappa shape index (κ2) is 6.93. The number of aromatic nitrogens is 2. The second-order valence-corrected chi connectivity index (χ2v) is 8.16. The first kappa shape index (κ1) is 17.6. The molecule has 1 aromatic carbocycles. The van der Waals surface area contributed by atoms with Crippen molar-refractivity contribution in [2.45, 2.75) is 31.2 Å². The highest BCUT2D eigenvalue weighted by Gasteiger charge is 2.29. The minimum atomic E-state index is -3.61. The molecule has 0 atom stereocenters. The molecule has 25 heavy (non-hydrogen) atoms. The van der Waals surface area contributed by atoms with E-state index in [1.165, 1.54) is 28.6 Å². The van der Waals surface area contributed by atoms with Crippen LogP contribution in [0.15, 0.2) is 41.6 Å². The molecule has 0 amide bonds. The average Bonchev–Trinajstić information content (AvgIpc) is 3.00. The topological polar surface area (TPSA) is 98.3 Å². The summed E-state index contributed by atoms with van der Waals surface area (Å²) < 4.78 is 28.9. The number of piperidine rings is 1. The van der Waals surface area contributed by atoms with Crippen molar-refractivity contribution in [2.75, 3.05) is 13.1 Å². The molecule has 2 heterocycles. The molecule has 0 N–H and O–H groups in total. The fraction of sp³-hybridized carbons (Fsp3) is 0.438. The highest BCUT2D eigenvalue weighted by Crippen LogP contribution is 2.26. The van der Waals surface area contributed by atoms with Gasteiger partial charge < -0.3 is 4.57 Å². The molecular formula is C16H20N4O4S. The smallest absolute Gasteiger partial charge is 0.269 e. The van der Waals surface area contributed by atoms with Crippen LogP contribution in [0.4, 0.5) is 5.69 Å². The molecular weight excluding hydrogens is 344 g/mol. The van der Waals surface area contributed by atoms with Gasteiger partial charge in [-0.2, -0.15) is 4.31 Å². The molecule has 134 valence electrons. The molecule has 8 nitrogen and oxygen atoms in total. The van der Waals surface area contributed by atoms with Gasteiger partial charge in [0, 0.05) is 44.2 Å². The minimum Gasteiger partial charge on any atom is -0.335 e. The SMILES string of the molecule is Cc1nccn1CC1CCN(S(=O)(=O)c2ccc([N+](=O)[O-])cc2)CC1. The van der Waals surface area contributed by atoms with Crippen LogP contribution < -0.4 is 0 Å². The quantitative estimate of drug-likeness (QED) is 0.598. The van der Waals surface area contributed by atoms with Gasteiger partial charge in [-0.05, 0) is 37.8 Å². The van der Waals surface area contributed by atoms with Gasteiger partial charge in [-0.1, -0.05) is 0 Å². The standard InChI is InChI=1S/C16H20N4O4S/c1-13-17-8-11-18(13)12-14-6-9-19(10-7-14)25(23,24)16-4-2-15(3-5-16)20(21)22/h2-5,8,11,14H,6-7,9-10,12H2,1H3. The molecule has 0 unspecified atom stereocenters. The molecule has 1 aromatic heterocycles. The molecule has 1 saturated heterocycles. The first-order valence-electron chi connectivity index (χ1n) is 8.10. The van der Waals surface area contributed by atoms with Crippen molar-refractivity contribution in [3.8, 4) is 0 Å². The number of nitrogens with zero attached hydrogens (tertiary/aromatic N) is 4. The Bertz CT molecular complexity index is 853. The van der Waals surface area contributed by atoms with Crippen molar-refractivity contribution in [3.05, 3.63) is 52.6 Å². The number of hydrogen-bond donors (Lipinski definition) is 0. The van der Waals surface area contributed by atoms with Crippen LogP contribution in [0.1, 0.15) is 18.7 Å². The van der Waals surface area contributed by atoms with Gasteiger partial charge in [0.15, 0.2) is 0 Å². The molecule has 1 aliphatic heterocycles. The van der Waals surface area contributed by atoms with Gasteiger partial charge in [0.2, 0.25) is 10.0 Å². The third-order valence-corrected chi connectivity index (χ3v) is 6.55. The molecule has 3 rings (SSSR count). The Kier molecular flexibility index (Phi) is 4.87. The summed E-state index contributed by atoms with van der Waals surface area (Å²) in [7, 11) is -3.61. The molecule has 0 aliphatic carbocycles. The second-order valence-electron chi connectivity index (χ2n) is 6.23. The molecule has 0 spiro atoms. The van der Waals surface area contributed by atoms with Gasteiger partial charge in [0.1, 0.15) is 5.82 Å². The number of non-ortho nitro benzene ring substituents is 1. The zero-order valence-corrected chi connectivity index (χ0v) is 14.7. The van der Waals surface area contributed by atoms with E-state index < -0.39 is 14.9 Å². The number of nitro groups is 1. The number of aryl methyl sites for hydroxylation is 1. The van der Waals surface area contributed by atoms with E-state index in [9.17, 15) is 18.5 Å². The molecule has 0 radical (unpaired) electrons. The lowest BCUT2D eigenvalue weighted by Crippen LogP contribution is -2.39. The summed E-state index contributed by atoms with van der Waals surface area (Å²) in [6.07, 6.45) is 5.27. The van der Waals surface area contributed by atoms with E-state index in [0.29, 0.717) is 19.0 Å². The summed E-state index contributed by atoms with van der Waals surface area (Å²) in [5.74, 6) is 1.37. The lowest BCUT2D eigenvalue weighted by molar-refractivity contribution is -0.384. The van der Waals surface area contributed by atoms with Gasteiger partial charge in [-0.25, -0.2) is 13.4 Å². The first-order valence-corrected chi connectivity index (χ1v) is 9.54. The van der Waals surface area contributed by atoms with Crippen LogP contribution in [-0.4, -0.2) is 40.3 Å². The Balaban J connectivity index is 1.65. The zero-order chi connectivity index (χ0) is 18.0. The predicted molar refractivity (Wildman–Crippen MR) is 91.5 cm³/mol. The fourth-order valence-electron chi connectivity index (χ4n) is 3.10. The summed E-state index contributed by atoms with van der Waals surface area (Å²) in [6.45, 7) is 3.71. The van der Waals surface area contributed by atoms with Crippen molar-refractivity contribution in [1.29, 1.82) is 0 Å². The van der Waals surface area contributed by atoms with Crippen LogP contribution in [-0.2, 0) is 16.6 Å². The summed E-state index contributed by atoms with van der Waals surface area (Å²) in [6, 6.07) is 5.05. The van der Waals surface area contributed by atoms with E-state index in [1.807, 2.05) is 13.1 Å². The monoisotopic (exact) mass is 364 g/mol. The third-order valence-electron chi connectivity index (χ3n) is 4.64. The van der Waals surface area contributed by atoms with E-state index in [-0.39, 0.29) is 10.6 Å². The maximum absolute atomic E-state index is 12.7. The molecule has 1 aliphatic rings. The van der Waals surface area contributed by atoms with Crippen LogP contribution >= 0.6 is 0 Å². The minimum absolute atomic E-state index is 0.0991. The average molecular weight is 364 g/mol. The van der Waals surface area contributed by atoms with Gasteiger partial charge in [0.25, 0.3) is 5.69 Å². The molecule has 0 saturated carbocycles. The van der Waals surface area contributed by atoms with Gasteiger partial charge >= 0.3 is 0 Å². The van der Waals surface area contributed by atoms with Crippen molar-refractivity contribution in [2.24, 2.45) is 5.92 Å². The number of hydrogen-bond acceptors (Lipinski definition) is 5. The normalized spacial score (nSPS) is 16.8. The van der Waals surface area contributed by atoms with E-state index in [4.69, 9.17) is 0 Å². The maximum Gasteiger partial charge on any atom is 0.269 e. The molecule has 2 aromatic rings. The number of imidazole rings is 1. The number of rotatable bonds is 5. The van der Waals surface area contributed by atoms with E-state index >= 15 is 0 Å². The summed E-state index contributed by atoms with van der Waals surface area (Å²) in [5, 5.41) is 10.7. The van der Waals surface area contributed by atoms with Gasteiger partial charge in [0.05, 0.1) is 9.82 Å². The Labute approximate surface area is 146 Å². The van der Waals surface area contributed by atoms with Crippen molar-refractivity contribution in [1.82, 2.24) is 13.9 Å². The summed E-state index contributed by atoms with van der Waals surface area (Å²) in [4.78, 5) is 14.5. The highest BCUT2D eigenvalue weighted by atomic mass is 32.2. The van der Waals surface area contributed by atoms with Gasteiger partial charge in [-0.15, -0.1) is 0 Å². The summed E-state index contributed by atoms with van der Waals surface area (Å²) >= 11 is 0. The number of nitro benzene ring substituents is 1. The Morgan fingerprint density at radius 1 is 1.24 bits per heavy atom. The molecule has 1 fully saturated rings. The van der Waals surface area contributed by atoms with Crippen molar-refractivity contribution < 1.29 is 13.3 Å². The molecule has 9 heteroatoms. The van der Waals surface area contributed by atoms with Crippen LogP contribution in [0.25, 0.3) is 0 Å². The number of sulfonamides is 1. The first-order chi connectivity index (χ1) is 11.9.